The van der Waals surface area contributed by atoms with Crippen molar-refractivity contribution in [2.24, 2.45) is 11.7 Å². The van der Waals surface area contributed by atoms with Gasteiger partial charge >= 0.3 is 5.97 Å². The Morgan fingerprint density at radius 3 is 2.83 bits per heavy atom. The van der Waals surface area contributed by atoms with Crippen LogP contribution in [-0.2, 0) is 13.1 Å². The van der Waals surface area contributed by atoms with Crippen molar-refractivity contribution in [3.05, 3.63) is 39.1 Å². The molecule has 2 aliphatic heterocycles. The highest BCUT2D eigenvalue weighted by atomic mass is 19.2. The maximum atomic E-state index is 14.6. The summed E-state index contributed by atoms with van der Waals surface area (Å²) in [6, 6.07) is 0. The van der Waals surface area contributed by atoms with Crippen molar-refractivity contribution in [2.45, 2.75) is 26.4 Å². The number of carboxylic acid groups (broad SMARTS) is 1. The van der Waals surface area contributed by atoms with Gasteiger partial charge in [-0.2, -0.15) is 5.12 Å². The molecule has 1 aromatic heterocycles. The number of fused-ring (bicyclic) bond motifs is 1. The van der Waals surface area contributed by atoms with Crippen LogP contribution in [-0.4, -0.2) is 45.3 Å². The van der Waals surface area contributed by atoms with E-state index in [0.717, 1.165) is 6.42 Å². The summed E-state index contributed by atoms with van der Waals surface area (Å²) >= 11 is 0. The normalized spacial score (nSPS) is 20.1. The molecule has 1 aromatic rings. The van der Waals surface area contributed by atoms with Crippen LogP contribution in [0.3, 0.4) is 0 Å². The van der Waals surface area contributed by atoms with Gasteiger partial charge in [0, 0.05) is 37.5 Å². The van der Waals surface area contributed by atoms with E-state index in [2.05, 4.69) is 0 Å². The molecule has 3 heterocycles. The first kappa shape index (κ1) is 16.5. The molecule has 0 radical (unpaired) electrons. The molecule has 0 amide bonds. The van der Waals surface area contributed by atoms with Crippen LogP contribution in [0.15, 0.2) is 16.8 Å². The number of likely N-dealkylation sites (tertiary alicyclic amines) is 1. The number of nitrogens with two attached hydrogens (primary N) is 1. The average Bonchev–Trinajstić information content (AvgIpc) is 3.03. The van der Waals surface area contributed by atoms with Crippen LogP contribution in [0, 0.1) is 5.92 Å². The topological polar surface area (TPSA) is 91.8 Å². The fourth-order valence-electron chi connectivity index (χ4n) is 3.36. The number of halogens is 1. The third-order valence-electron chi connectivity index (χ3n) is 4.75. The fourth-order valence-corrected chi connectivity index (χ4v) is 3.36. The van der Waals surface area contributed by atoms with Crippen LogP contribution in [0.5, 0.6) is 0 Å². The van der Waals surface area contributed by atoms with E-state index >= 15 is 0 Å². The molecule has 8 heteroatoms. The Hall–Kier alpha value is -2.35. The predicted molar refractivity (Wildman–Crippen MR) is 86.7 cm³/mol. The summed E-state index contributed by atoms with van der Waals surface area (Å²) in [5.41, 5.74) is 5.50. The Kier molecular flexibility index (Phi) is 4.31. The molecule has 1 fully saturated rings. The van der Waals surface area contributed by atoms with Gasteiger partial charge in [-0.15, -0.1) is 0 Å². The number of aryl methyl sites for hydroxylation is 1. The van der Waals surface area contributed by atoms with Gasteiger partial charge in [-0.05, 0) is 25.8 Å². The molecule has 1 saturated heterocycles. The average molecular weight is 336 g/mol. The van der Waals surface area contributed by atoms with E-state index in [1.54, 1.807) is 10.6 Å². The molecule has 24 heavy (non-hydrogen) atoms. The highest BCUT2D eigenvalue weighted by Crippen LogP contribution is 2.29. The smallest absolute Gasteiger partial charge is 0.341 e. The molecule has 0 aromatic carbocycles. The second-order valence-corrected chi connectivity index (χ2v) is 6.19. The lowest BCUT2D eigenvalue weighted by Crippen LogP contribution is -2.36. The van der Waals surface area contributed by atoms with E-state index in [1.807, 2.05) is 11.8 Å². The van der Waals surface area contributed by atoms with Gasteiger partial charge in [0.05, 0.1) is 12.2 Å². The van der Waals surface area contributed by atoms with E-state index in [4.69, 9.17) is 5.73 Å². The van der Waals surface area contributed by atoms with Gasteiger partial charge in [-0.3, -0.25) is 4.79 Å². The lowest BCUT2D eigenvalue weighted by atomic mass is 10.1. The zero-order valence-electron chi connectivity index (χ0n) is 13.5. The minimum absolute atomic E-state index is 0.178. The van der Waals surface area contributed by atoms with Gasteiger partial charge < -0.3 is 20.3 Å². The number of aromatic carboxylic acids is 1. The number of aromatic nitrogens is 1. The third kappa shape index (κ3) is 2.66. The number of rotatable bonds is 4. The first-order valence-corrected chi connectivity index (χ1v) is 8.05. The van der Waals surface area contributed by atoms with Crippen molar-refractivity contribution >= 4 is 12.0 Å². The predicted octanol–water partition coefficient (Wildman–Crippen LogP) is 0.846. The van der Waals surface area contributed by atoms with E-state index in [-0.39, 0.29) is 17.7 Å². The summed E-state index contributed by atoms with van der Waals surface area (Å²) in [6.07, 6.45) is 3.87. The minimum Gasteiger partial charge on any atom is -0.477 e. The lowest BCUT2D eigenvalue weighted by Gasteiger charge is -2.31. The maximum Gasteiger partial charge on any atom is 0.341 e. The second kappa shape index (κ2) is 6.27. The molecule has 1 unspecified atom stereocenters. The molecule has 0 saturated carbocycles. The van der Waals surface area contributed by atoms with Crippen LogP contribution in [0.25, 0.3) is 6.08 Å². The summed E-state index contributed by atoms with van der Waals surface area (Å²) in [7, 11) is 0. The number of carbonyl (C=O) groups is 1. The Labute approximate surface area is 138 Å². The molecule has 0 aliphatic carbocycles. The first-order chi connectivity index (χ1) is 11.5. The van der Waals surface area contributed by atoms with E-state index < -0.39 is 11.4 Å². The first-order valence-electron chi connectivity index (χ1n) is 8.05. The Balaban J connectivity index is 2.07. The molecule has 2 aliphatic rings. The number of hydrogen-bond acceptors (Lipinski definition) is 5. The van der Waals surface area contributed by atoms with Crippen molar-refractivity contribution in [1.82, 2.24) is 14.6 Å². The highest BCUT2D eigenvalue weighted by Gasteiger charge is 2.31. The molecule has 130 valence electrons. The van der Waals surface area contributed by atoms with Gasteiger partial charge in [0.2, 0.25) is 5.43 Å². The highest BCUT2D eigenvalue weighted by molar-refractivity contribution is 5.87. The Bertz CT molecular complexity index is 758. The van der Waals surface area contributed by atoms with Gasteiger partial charge in [0.25, 0.3) is 0 Å². The van der Waals surface area contributed by atoms with Crippen molar-refractivity contribution in [3.8, 4) is 0 Å². The molecular formula is C16H21FN4O3. The Morgan fingerprint density at radius 2 is 2.25 bits per heavy atom. The molecule has 7 nitrogen and oxygen atoms in total. The van der Waals surface area contributed by atoms with Gasteiger partial charge in [0.15, 0.2) is 0 Å². The standard InChI is InChI=1S/C16H21FN4O3/c1-2-19-8-12(16(23)24)15(22)11-9-21(17)14(5-13(11)19)20-4-3-10(6-18)7-20/h5,8,10H,2-4,6-7,9,18H2,1H3,(H,23,24). The van der Waals surface area contributed by atoms with Crippen molar-refractivity contribution in [2.75, 3.05) is 19.6 Å². The third-order valence-corrected chi connectivity index (χ3v) is 4.75. The molecule has 0 spiro atoms. The zero-order chi connectivity index (χ0) is 17.4. The van der Waals surface area contributed by atoms with Gasteiger partial charge in [-0.25, -0.2) is 4.79 Å². The number of nitrogens with zero attached hydrogens (tertiary/aromatic N) is 3. The lowest BCUT2D eigenvalue weighted by molar-refractivity contribution is 0.0211. The minimum atomic E-state index is -1.30. The number of pyridine rings is 1. The zero-order valence-corrected chi connectivity index (χ0v) is 13.5. The summed E-state index contributed by atoms with van der Waals surface area (Å²) in [5, 5.41) is 9.70. The van der Waals surface area contributed by atoms with E-state index in [1.165, 1.54) is 6.20 Å². The largest absolute Gasteiger partial charge is 0.477 e. The van der Waals surface area contributed by atoms with Gasteiger partial charge in [0.1, 0.15) is 11.4 Å². The van der Waals surface area contributed by atoms with Crippen molar-refractivity contribution in [3.63, 3.8) is 0 Å². The van der Waals surface area contributed by atoms with Crippen molar-refractivity contribution < 1.29 is 14.4 Å². The molecule has 3 rings (SSSR count). The van der Waals surface area contributed by atoms with Crippen LogP contribution in [0.2, 0.25) is 0 Å². The SMILES string of the molecule is CCn1cc(C(=O)O)c(=O)c2c1C=C(N1CCC(CN)C1)N(F)C2. The number of carboxylic acids is 1. The van der Waals surface area contributed by atoms with E-state index in [9.17, 15) is 19.2 Å². The Morgan fingerprint density at radius 1 is 1.50 bits per heavy atom. The fraction of sp³-hybridized carbons (Fsp3) is 0.500. The monoisotopic (exact) mass is 336 g/mol. The van der Waals surface area contributed by atoms with Crippen LogP contribution < -0.4 is 11.2 Å². The maximum absolute atomic E-state index is 14.6. The molecule has 1 atom stereocenters. The van der Waals surface area contributed by atoms with Crippen LogP contribution in [0.4, 0.5) is 4.48 Å². The van der Waals surface area contributed by atoms with E-state index in [0.29, 0.717) is 48.7 Å². The quantitative estimate of drug-likeness (QED) is 0.792. The summed E-state index contributed by atoms with van der Waals surface area (Å²) in [4.78, 5) is 25.5. The summed E-state index contributed by atoms with van der Waals surface area (Å²) in [5.74, 6) is -0.554. The number of hydrogen-bond donors (Lipinski definition) is 2. The van der Waals surface area contributed by atoms with Gasteiger partial charge in [-0.1, -0.05) is 4.48 Å². The van der Waals surface area contributed by atoms with Crippen LogP contribution >= 0.6 is 0 Å². The van der Waals surface area contributed by atoms with Crippen molar-refractivity contribution in [1.29, 1.82) is 0 Å². The molecular weight excluding hydrogens is 315 g/mol. The molecule has 3 N–H and O–H groups in total. The summed E-state index contributed by atoms with van der Waals surface area (Å²) < 4.78 is 16.2. The second-order valence-electron chi connectivity index (χ2n) is 6.19. The summed E-state index contributed by atoms with van der Waals surface area (Å²) in [6.45, 7) is 4.06. The molecule has 0 bridgehead atoms. The van der Waals surface area contributed by atoms with Crippen LogP contribution in [0.1, 0.15) is 35.0 Å².